The van der Waals surface area contributed by atoms with E-state index in [9.17, 15) is 8.42 Å². The normalized spacial score (nSPS) is 12.0. The van der Waals surface area contributed by atoms with E-state index in [2.05, 4.69) is 20.9 Å². The number of pyridine rings is 1. The molecule has 5 nitrogen and oxygen atoms in total. The van der Waals surface area contributed by atoms with Crippen molar-refractivity contribution < 1.29 is 13.2 Å². The smallest absolute Gasteiger partial charge is 0.244 e. The number of halogens is 1. The van der Waals surface area contributed by atoms with Gasteiger partial charge in [0.05, 0.1) is 6.61 Å². The summed E-state index contributed by atoms with van der Waals surface area (Å²) in [6, 6.07) is 1.55. The summed E-state index contributed by atoms with van der Waals surface area (Å²) in [7, 11) is -3.49. The van der Waals surface area contributed by atoms with Gasteiger partial charge >= 0.3 is 0 Å². The third-order valence-corrected chi connectivity index (χ3v) is 4.73. The molecular formula is C11H17BrN2O3S. The van der Waals surface area contributed by atoms with Gasteiger partial charge in [0.15, 0.2) is 0 Å². The van der Waals surface area contributed by atoms with Gasteiger partial charge in [0, 0.05) is 36.6 Å². The molecule has 0 radical (unpaired) electrons. The molecule has 0 N–H and O–H groups in total. The fraction of sp³-hybridized carbons (Fsp3) is 0.545. The molecule has 1 rings (SSSR count). The standard InChI is InChI=1S/C11H17BrN2O3S/c1-3-14(5-6-17-4-2)18(15,16)11-7-10(12)8-13-9-11/h7-9H,3-6H2,1-2H3. The van der Waals surface area contributed by atoms with Gasteiger partial charge in [0.25, 0.3) is 0 Å². The minimum absolute atomic E-state index is 0.190. The minimum Gasteiger partial charge on any atom is -0.380 e. The molecule has 0 aromatic carbocycles. The highest BCUT2D eigenvalue weighted by Crippen LogP contribution is 2.18. The third-order valence-electron chi connectivity index (χ3n) is 2.36. The van der Waals surface area contributed by atoms with Gasteiger partial charge in [-0.2, -0.15) is 4.31 Å². The van der Waals surface area contributed by atoms with Crippen LogP contribution in [0.1, 0.15) is 13.8 Å². The van der Waals surface area contributed by atoms with E-state index in [0.29, 0.717) is 30.8 Å². The van der Waals surface area contributed by atoms with Gasteiger partial charge in [-0.15, -0.1) is 0 Å². The molecular weight excluding hydrogens is 320 g/mol. The summed E-state index contributed by atoms with van der Waals surface area (Å²) in [5, 5.41) is 0. The predicted molar refractivity (Wildman–Crippen MR) is 72.9 cm³/mol. The van der Waals surface area contributed by atoms with Gasteiger partial charge in [-0.05, 0) is 28.9 Å². The quantitative estimate of drug-likeness (QED) is 0.713. The van der Waals surface area contributed by atoms with Crippen molar-refractivity contribution in [3.63, 3.8) is 0 Å². The van der Waals surface area contributed by atoms with Crippen LogP contribution in [0.4, 0.5) is 0 Å². The molecule has 0 amide bonds. The molecule has 0 bridgehead atoms. The number of hydrogen-bond donors (Lipinski definition) is 0. The monoisotopic (exact) mass is 336 g/mol. The number of hydrogen-bond acceptors (Lipinski definition) is 4. The van der Waals surface area contributed by atoms with Crippen molar-refractivity contribution in [2.24, 2.45) is 0 Å². The highest BCUT2D eigenvalue weighted by atomic mass is 79.9. The number of nitrogens with zero attached hydrogens (tertiary/aromatic N) is 2. The average Bonchev–Trinajstić information content (AvgIpc) is 2.34. The van der Waals surface area contributed by atoms with Crippen LogP contribution in [0.3, 0.4) is 0 Å². The topological polar surface area (TPSA) is 59.5 Å². The van der Waals surface area contributed by atoms with E-state index in [4.69, 9.17) is 4.74 Å². The van der Waals surface area contributed by atoms with E-state index < -0.39 is 10.0 Å². The molecule has 0 saturated heterocycles. The van der Waals surface area contributed by atoms with Gasteiger partial charge < -0.3 is 4.74 Å². The Hall–Kier alpha value is -0.500. The summed E-state index contributed by atoms with van der Waals surface area (Å²) in [5.74, 6) is 0. The van der Waals surface area contributed by atoms with Crippen LogP contribution in [0.25, 0.3) is 0 Å². The Morgan fingerprint density at radius 3 is 2.67 bits per heavy atom. The predicted octanol–water partition coefficient (Wildman–Crippen LogP) is 1.89. The highest BCUT2D eigenvalue weighted by Gasteiger charge is 2.23. The molecule has 0 fully saturated rings. The van der Waals surface area contributed by atoms with Crippen LogP contribution in [0, 0.1) is 0 Å². The molecule has 0 aliphatic heterocycles. The second-order valence-corrected chi connectivity index (χ2v) is 6.39. The lowest BCUT2D eigenvalue weighted by Crippen LogP contribution is -2.34. The molecule has 0 aliphatic carbocycles. The Bertz CT molecular complexity index is 479. The molecule has 1 aromatic heterocycles. The first-order chi connectivity index (χ1) is 8.52. The van der Waals surface area contributed by atoms with Crippen molar-refractivity contribution in [3.05, 3.63) is 22.9 Å². The fourth-order valence-corrected chi connectivity index (χ4v) is 3.38. The maximum Gasteiger partial charge on any atom is 0.244 e. The van der Waals surface area contributed by atoms with Crippen LogP contribution in [0.2, 0.25) is 0 Å². The van der Waals surface area contributed by atoms with Crippen LogP contribution in [0.15, 0.2) is 27.8 Å². The van der Waals surface area contributed by atoms with Crippen LogP contribution >= 0.6 is 15.9 Å². The van der Waals surface area contributed by atoms with Crippen LogP contribution in [0.5, 0.6) is 0 Å². The van der Waals surface area contributed by atoms with Crippen LogP contribution in [-0.4, -0.2) is 44.0 Å². The summed E-state index contributed by atoms with van der Waals surface area (Å²) in [6.07, 6.45) is 2.90. The Labute approximate surface area is 116 Å². The maximum absolute atomic E-state index is 12.3. The Morgan fingerprint density at radius 1 is 1.39 bits per heavy atom. The van der Waals surface area contributed by atoms with Crippen molar-refractivity contribution in [3.8, 4) is 0 Å². The zero-order chi connectivity index (χ0) is 13.6. The van der Waals surface area contributed by atoms with E-state index >= 15 is 0 Å². The summed E-state index contributed by atoms with van der Waals surface area (Å²) >= 11 is 3.22. The van der Waals surface area contributed by atoms with Crippen molar-refractivity contribution >= 4 is 26.0 Å². The van der Waals surface area contributed by atoms with E-state index in [1.807, 2.05) is 6.92 Å². The lowest BCUT2D eigenvalue weighted by Gasteiger charge is -2.20. The lowest BCUT2D eigenvalue weighted by molar-refractivity contribution is 0.135. The molecule has 18 heavy (non-hydrogen) atoms. The van der Waals surface area contributed by atoms with Crippen molar-refractivity contribution in [1.29, 1.82) is 0 Å². The lowest BCUT2D eigenvalue weighted by atomic mass is 10.5. The van der Waals surface area contributed by atoms with Crippen molar-refractivity contribution in [2.45, 2.75) is 18.7 Å². The van der Waals surface area contributed by atoms with Crippen LogP contribution < -0.4 is 0 Å². The number of sulfonamides is 1. The number of aromatic nitrogens is 1. The summed E-state index contributed by atoms with van der Waals surface area (Å²) in [4.78, 5) is 4.07. The summed E-state index contributed by atoms with van der Waals surface area (Å²) in [5.41, 5.74) is 0. The molecule has 1 heterocycles. The fourth-order valence-electron chi connectivity index (χ4n) is 1.44. The number of rotatable bonds is 7. The second kappa shape index (κ2) is 7.18. The maximum atomic E-state index is 12.3. The first-order valence-electron chi connectivity index (χ1n) is 5.70. The average molecular weight is 337 g/mol. The van der Waals surface area contributed by atoms with E-state index in [1.54, 1.807) is 19.2 Å². The van der Waals surface area contributed by atoms with E-state index in [1.165, 1.54) is 10.5 Å². The van der Waals surface area contributed by atoms with Gasteiger partial charge in [-0.3, -0.25) is 4.98 Å². The highest BCUT2D eigenvalue weighted by molar-refractivity contribution is 9.10. The van der Waals surface area contributed by atoms with Gasteiger partial charge in [-0.25, -0.2) is 8.42 Å². The Balaban J connectivity index is 2.89. The van der Waals surface area contributed by atoms with Gasteiger partial charge in [-0.1, -0.05) is 6.92 Å². The van der Waals surface area contributed by atoms with Crippen molar-refractivity contribution in [1.82, 2.24) is 9.29 Å². The molecule has 102 valence electrons. The van der Waals surface area contributed by atoms with E-state index in [-0.39, 0.29) is 4.90 Å². The SMILES string of the molecule is CCOCCN(CC)S(=O)(=O)c1cncc(Br)c1. The molecule has 0 spiro atoms. The molecule has 1 aromatic rings. The summed E-state index contributed by atoms with van der Waals surface area (Å²) in [6.45, 7) is 5.40. The Morgan fingerprint density at radius 2 is 2.11 bits per heavy atom. The zero-order valence-electron chi connectivity index (χ0n) is 10.5. The largest absolute Gasteiger partial charge is 0.380 e. The molecule has 0 atom stereocenters. The molecule has 0 aliphatic rings. The molecule has 0 unspecified atom stereocenters. The zero-order valence-corrected chi connectivity index (χ0v) is 12.9. The third kappa shape index (κ3) is 4.01. The minimum atomic E-state index is -3.49. The molecule has 0 saturated carbocycles. The second-order valence-electron chi connectivity index (χ2n) is 3.53. The first kappa shape index (κ1) is 15.6. The number of likely N-dealkylation sites (N-methyl/N-ethyl adjacent to an activating group) is 1. The first-order valence-corrected chi connectivity index (χ1v) is 7.94. The summed E-state index contributed by atoms with van der Waals surface area (Å²) < 4.78 is 31.9. The van der Waals surface area contributed by atoms with Crippen LogP contribution in [-0.2, 0) is 14.8 Å². The number of ether oxygens (including phenoxy) is 1. The van der Waals surface area contributed by atoms with E-state index in [0.717, 1.165) is 0 Å². The van der Waals surface area contributed by atoms with Gasteiger partial charge in [0.1, 0.15) is 4.90 Å². The van der Waals surface area contributed by atoms with Crippen molar-refractivity contribution in [2.75, 3.05) is 26.3 Å². The van der Waals surface area contributed by atoms with Gasteiger partial charge in [0.2, 0.25) is 10.0 Å². The molecule has 7 heteroatoms. The Kier molecular flexibility index (Phi) is 6.20.